The first kappa shape index (κ1) is 16.2. The summed E-state index contributed by atoms with van der Waals surface area (Å²) in [6, 6.07) is 5.88. The second-order valence-electron chi connectivity index (χ2n) is 5.09. The highest BCUT2D eigenvalue weighted by Gasteiger charge is 2.29. The highest BCUT2D eigenvalue weighted by molar-refractivity contribution is 5.85. The van der Waals surface area contributed by atoms with Gasteiger partial charge >= 0.3 is 6.03 Å². The Morgan fingerprint density at radius 1 is 1.27 bits per heavy atom. The van der Waals surface area contributed by atoms with Crippen LogP contribution in [0, 0.1) is 5.82 Å². The zero-order valence-electron chi connectivity index (χ0n) is 12.5. The summed E-state index contributed by atoms with van der Waals surface area (Å²) in [6.45, 7) is 2.40. The number of carbonyl (C=O) groups is 2. The molecule has 1 heterocycles. The summed E-state index contributed by atoms with van der Waals surface area (Å²) in [5.41, 5.74) is 0.862. The summed E-state index contributed by atoms with van der Waals surface area (Å²) in [5, 5.41) is 2.68. The van der Waals surface area contributed by atoms with Crippen LogP contribution in [0.1, 0.15) is 5.56 Å². The summed E-state index contributed by atoms with van der Waals surface area (Å²) in [4.78, 5) is 27.1. The van der Waals surface area contributed by atoms with Crippen molar-refractivity contribution in [1.82, 2.24) is 15.1 Å². The largest absolute Gasteiger partial charge is 0.383 e. The Bertz CT molecular complexity index is 521. The Balaban J connectivity index is 1.81. The van der Waals surface area contributed by atoms with Gasteiger partial charge in [0.05, 0.1) is 6.61 Å². The van der Waals surface area contributed by atoms with Gasteiger partial charge in [0.1, 0.15) is 12.4 Å². The number of nitrogens with zero attached hydrogens (tertiary/aromatic N) is 2. The van der Waals surface area contributed by atoms with Crippen molar-refractivity contribution < 1.29 is 18.7 Å². The van der Waals surface area contributed by atoms with Crippen LogP contribution >= 0.6 is 0 Å². The molecule has 1 aromatic rings. The van der Waals surface area contributed by atoms with E-state index in [1.165, 1.54) is 17.0 Å². The van der Waals surface area contributed by atoms with Gasteiger partial charge in [-0.1, -0.05) is 12.1 Å². The van der Waals surface area contributed by atoms with Gasteiger partial charge in [-0.05, 0) is 17.7 Å². The van der Waals surface area contributed by atoms with Crippen molar-refractivity contribution in [1.29, 1.82) is 0 Å². The molecule has 3 amide bonds. The van der Waals surface area contributed by atoms with E-state index >= 15 is 0 Å². The lowest BCUT2D eigenvalue weighted by molar-refractivity contribution is -0.121. The Kier molecular flexibility index (Phi) is 5.71. The number of carbonyl (C=O) groups excluding carboxylic acids is 2. The molecule has 1 aromatic carbocycles. The number of hydrogen-bond donors (Lipinski definition) is 1. The van der Waals surface area contributed by atoms with Crippen molar-refractivity contribution >= 4 is 11.9 Å². The molecule has 0 radical (unpaired) electrons. The molecule has 1 saturated heterocycles. The zero-order chi connectivity index (χ0) is 15.9. The second kappa shape index (κ2) is 7.74. The average Bonchev–Trinajstić information content (AvgIpc) is 2.83. The lowest BCUT2D eigenvalue weighted by atomic mass is 10.2. The van der Waals surface area contributed by atoms with Gasteiger partial charge in [-0.3, -0.25) is 4.79 Å². The van der Waals surface area contributed by atoms with E-state index in [0.29, 0.717) is 32.8 Å². The molecule has 1 fully saturated rings. The number of amides is 3. The number of nitrogens with one attached hydrogen (secondary N) is 1. The number of benzene rings is 1. The van der Waals surface area contributed by atoms with Crippen molar-refractivity contribution in [3.63, 3.8) is 0 Å². The van der Waals surface area contributed by atoms with Gasteiger partial charge in [-0.25, -0.2) is 9.18 Å². The van der Waals surface area contributed by atoms with Crippen LogP contribution in [-0.2, 0) is 16.1 Å². The molecule has 0 aromatic heterocycles. The average molecular weight is 309 g/mol. The molecule has 0 unspecified atom stereocenters. The fourth-order valence-electron chi connectivity index (χ4n) is 2.26. The molecular formula is C15H20FN3O3. The maximum absolute atomic E-state index is 12.9. The number of hydrogen-bond acceptors (Lipinski definition) is 3. The van der Waals surface area contributed by atoms with Crippen LogP contribution in [0.2, 0.25) is 0 Å². The third-order valence-corrected chi connectivity index (χ3v) is 3.43. The molecule has 1 aliphatic heterocycles. The molecule has 6 nitrogen and oxygen atoms in total. The van der Waals surface area contributed by atoms with Gasteiger partial charge in [0, 0.05) is 33.3 Å². The second-order valence-corrected chi connectivity index (χ2v) is 5.09. The van der Waals surface area contributed by atoms with Crippen molar-refractivity contribution in [3.8, 4) is 0 Å². The Morgan fingerprint density at radius 2 is 1.95 bits per heavy atom. The zero-order valence-corrected chi connectivity index (χ0v) is 12.5. The van der Waals surface area contributed by atoms with Crippen LogP contribution in [-0.4, -0.2) is 61.6 Å². The SMILES string of the molecule is COCCNC(=O)CN1CCN(Cc2ccc(F)cc2)C1=O. The molecule has 0 bridgehead atoms. The number of halogens is 1. The molecule has 120 valence electrons. The minimum atomic E-state index is -0.300. The molecular weight excluding hydrogens is 289 g/mol. The predicted molar refractivity (Wildman–Crippen MR) is 78.7 cm³/mol. The van der Waals surface area contributed by atoms with Crippen molar-refractivity contribution in [3.05, 3.63) is 35.6 Å². The fourth-order valence-corrected chi connectivity index (χ4v) is 2.26. The summed E-state index contributed by atoms with van der Waals surface area (Å²) in [7, 11) is 1.56. The van der Waals surface area contributed by atoms with Crippen molar-refractivity contribution in [2.45, 2.75) is 6.54 Å². The van der Waals surface area contributed by atoms with E-state index in [0.717, 1.165) is 5.56 Å². The smallest absolute Gasteiger partial charge is 0.320 e. The molecule has 7 heteroatoms. The van der Waals surface area contributed by atoms with Crippen molar-refractivity contribution in [2.24, 2.45) is 0 Å². The van der Waals surface area contributed by atoms with E-state index in [2.05, 4.69) is 5.32 Å². The first-order valence-electron chi connectivity index (χ1n) is 7.14. The summed E-state index contributed by atoms with van der Waals surface area (Å²) >= 11 is 0. The number of urea groups is 1. The maximum Gasteiger partial charge on any atom is 0.320 e. The van der Waals surface area contributed by atoms with E-state index in [4.69, 9.17) is 4.74 Å². The van der Waals surface area contributed by atoms with E-state index < -0.39 is 0 Å². The lowest BCUT2D eigenvalue weighted by Crippen LogP contribution is -2.40. The number of ether oxygens (including phenoxy) is 1. The summed E-state index contributed by atoms with van der Waals surface area (Å²) in [6.07, 6.45) is 0. The number of rotatable bonds is 7. The molecule has 22 heavy (non-hydrogen) atoms. The maximum atomic E-state index is 12.9. The Hall–Kier alpha value is -2.15. The van der Waals surface area contributed by atoms with Gasteiger partial charge in [-0.15, -0.1) is 0 Å². The lowest BCUT2D eigenvalue weighted by Gasteiger charge is -2.18. The monoisotopic (exact) mass is 309 g/mol. The van der Waals surface area contributed by atoms with E-state index in [1.54, 1.807) is 24.1 Å². The van der Waals surface area contributed by atoms with E-state index in [1.807, 2.05) is 0 Å². The fraction of sp³-hybridized carbons (Fsp3) is 0.467. The third kappa shape index (κ3) is 4.42. The predicted octanol–water partition coefficient (Wildman–Crippen LogP) is 0.826. The molecule has 2 rings (SSSR count). The molecule has 0 spiro atoms. The highest BCUT2D eigenvalue weighted by atomic mass is 19.1. The Morgan fingerprint density at radius 3 is 2.64 bits per heavy atom. The van der Waals surface area contributed by atoms with Gasteiger partial charge in [0.25, 0.3) is 0 Å². The number of methoxy groups -OCH3 is 1. The van der Waals surface area contributed by atoms with Crippen LogP contribution in [0.25, 0.3) is 0 Å². The van der Waals surface area contributed by atoms with Crippen LogP contribution in [0.4, 0.5) is 9.18 Å². The minimum absolute atomic E-state index is 0.0441. The highest BCUT2D eigenvalue weighted by Crippen LogP contribution is 2.13. The topological polar surface area (TPSA) is 61.9 Å². The first-order valence-corrected chi connectivity index (χ1v) is 7.14. The molecule has 0 atom stereocenters. The van der Waals surface area contributed by atoms with Gasteiger partial charge in [0.2, 0.25) is 5.91 Å². The third-order valence-electron chi connectivity index (χ3n) is 3.43. The van der Waals surface area contributed by atoms with Crippen LogP contribution in [0.5, 0.6) is 0 Å². The normalized spacial score (nSPS) is 14.5. The van der Waals surface area contributed by atoms with Gasteiger partial charge < -0.3 is 19.9 Å². The van der Waals surface area contributed by atoms with E-state index in [9.17, 15) is 14.0 Å². The summed E-state index contributed by atoms with van der Waals surface area (Å²) in [5.74, 6) is -0.500. The standard InChI is InChI=1S/C15H20FN3O3/c1-22-9-6-17-14(20)11-19-8-7-18(15(19)21)10-12-2-4-13(16)5-3-12/h2-5H,6-11H2,1H3,(H,17,20). The quantitative estimate of drug-likeness (QED) is 0.759. The van der Waals surface area contributed by atoms with Crippen LogP contribution in [0.3, 0.4) is 0 Å². The van der Waals surface area contributed by atoms with Gasteiger partial charge in [-0.2, -0.15) is 0 Å². The molecule has 0 aliphatic carbocycles. The molecule has 0 saturated carbocycles. The Labute approximate surface area is 128 Å². The molecule has 1 aliphatic rings. The van der Waals surface area contributed by atoms with Gasteiger partial charge in [0.15, 0.2) is 0 Å². The van der Waals surface area contributed by atoms with E-state index in [-0.39, 0.29) is 24.3 Å². The van der Waals surface area contributed by atoms with Crippen molar-refractivity contribution in [2.75, 3.05) is 39.9 Å². The summed E-state index contributed by atoms with van der Waals surface area (Å²) < 4.78 is 17.7. The first-order chi connectivity index (χ1) is 10.6. The van der Waals surface area contributed by atoms with Crippen LogP contribution in [0.15, 0.2) is 24.3 Å². The van der Waals surface area contributed by atoms with Crippen LogP contribution < -0.4 is 5.32 Å². The molecule has 1 N–H and O–H groups in total. The minimum Gasteiger partial charge on any atom is -0.383 e.